The number of benzene rings is 1. The molecule has 0 aliphatic carbocycles. The summed E-state index contributed by atoms with van der Waals surface area (Å²) in [6.45, 7) is 3.68. The molecule has 0 unspecified atom stereocenters. The van der Waals surface area contributed by atoms with Crippen molar-refractivity contribution in [1.29, 1.82) is 0 Å². The third-order valence-electron chi connectivity index (χ3n) is 3.98. The summed E-state index contributed by atoms with van der Waals surface area (Å²) in [5.74, 6) is 0. The number of nitrogens with zero attached hydrogens (tertiary/aromatic N) is 4. The third kappa shape index (κ3) is 2.20. The first kappa shape index (κ1) is 13.5. The van der Waals surface area contributed by atoms with Crippen LogP contribution in [0.3, 0.4) is 0 Å². The number of para-hydroxylation sites is 1. The Morgan fingerprint density at radius 1 is 1.32 bits per heavy atom. The number of hydrogen-bond donors (Lipinski definition) is 0. The van der Waals surface area contributed by atoms with Crippen LogP contribution in [0.1, 0.15) is 23.2 Å². The summed E-state index contributed by atoms with van der Waals surface area (Å²) in [7, 11) is 0. The summed E-state index contributed by atoms with van der Waals surface area (Å²) >= 11 is 1.49. The van der Waals surface area contributed by atoms with E-state index in [4.69, 9.17) is 0 Å². The fourth-order valence-corrected chi connectivity index (χ4v) is 3.74. The van der Waals surface area contributed by atoms with E-state index in [1.165, 1.54) is 27.1 Å². The Hall–Kier alpha value is -2.21. The second-order valence-electron chi connectivity index (χ2n) is 5.43. The van der Waals surface area contributed by atoms with E-state index in [9.17, 15) is 4.79 Å². The van der Waals surface area contributed by atoms with Crippen LogP contribution in [0.15, 0.2) is 35.1 Å². The van der Waals surface area contributed by atoms with Gasteiger partial charge in [0.2, 0.25) is 4.96 Å². The first-order valence-electron chi connectivity index (χ1n) is 7.46. The number of hydrogen-bond acceptors (Lipinski definition) is 5. The zero-order valence-corrected chi connectivity index (χ0v) is 13.1. The molecule has 6 heteroatoms. The van der Waals surface area contributed by atoms with Crippen molar-refractivity contribution in [3.63, 3.8) is 0 Å². The van der Waals surface area contributed by atoms with E-state index in [2.05, 4.69) is 39.2 Å². The van der Waals surface area contributed by atoms with Gasteiger partial charge >= 0.3 is 0 Å². The number of aromatic nitrogens is 3. The van der Waals surface area contributed by atoms with Gasteiger partial charge in [-0.3, -0.25) is 4.79 Å². The summed E-state index contributed by atoms with van der Waals surface area (Å²) < 4.78 is 1.41. The Morgan fingerprint density at radius 3 is 3.05 bits per heavy atom. The van der Waals surface area contributed by atoms with Gasteiger partial charge in [0.1, 0.15) is 5.01 Å². The summed E-state index contributed by atoms with van der Waals surface area (Å²) in [4.78, 5) is 19.8. The predicted octanol–water partition coefficient (Wildman–Crippen LogP) is 2.28. The molecule has 0 N–H and O–H groups in total. The zero-order valence-electron chi connectivity index (χ0n) is 12.3. The van der Waals surface area contributed by atoms with E-state index in [1.54, 1.807) is 6.07 Å². The normalized spacial score (nSPS) is 13.8. The number of aryl methyl sites for hydroxylation is 1. The van der Waals surface area contributed by atoms with Gasteiger partial charge in [-0.25, -0.2) is 4.98 Å². The predicted molar refractivity (Wildman–Crippen MR) is 87.7 cm³/mol. The molecule has 0 saturated heterocycles. The van der Waals surface area contributed by atoms with Crippen molar-refractivity contribution < 1.29 is 0 Å². The average molecular weight is 312 g/mol. The van der Waals surface area contributed by atoms with Crippen molar-refractivity contribution in [1.82, 2.24) is 14.6 Å². The quantitative estimate of drug-likeness (QED) is 0.744. The molecule has 0 saturated carbocycles. The van der Waals surface area contributed by atoms with Crippen LogP contribution in [0.2, 0.25) is 0 Å². The van der Waals surface area contributed by atoms with Crippen molar-refractivity contribution >= 4 is 22.0 Å². The molecule has 1 aliphatic heterocycles. The molecule has 3 heterocycles. The molecule has 0 radical (unpaired) electrons. The highest BCUT2D eigenvalue weighted by atomic mass is 32.1. The van der Waals surface area contributed by atoms with Gasteiger partial charge in [0, 0.05) is 18.3 Å². The molecule has 2 aromatic heterocycles. The molecule has 0 bridgehead atoms. The largest absolute Gasteiger partial charge is 0.365 e. The molecule has 0 atom stereocenters. The molecule has 0 amide bonds. The van der Waals surface area contributed by atoms with Crippen molar-refractivity contribution in [2.75, 3.05) is 11.4 Å². The molecule has 5 nitrogen and oxygen atoms in total. The first-order valence-corrected chi connectivity index (χ1v) is 8.28. The van der Waals surface area contributed by atoms with E-state index in [1.807, 2.05) is 6.92 Å². The molecule has 3 aromatic rings. The molecule has 0 spiro atoms. The Labute approximate surface area is 131 Å². The van der Waals surface area contributed by atoms with Gasteiger partial charge in [-0.2, -0.15) is 9.61 Å². The van der Waals surface area contributed by atoms with Gasteiger partial charge in [-0.05, 0) is 24.5 Å². The highest BCUT2D eigenvalue weighted by molar-refractivity contribution is 7.16. The molecular weight excluding hydrogens is 296 g/mol. The van der Waals surface area contributed by atoms with Crippen molar-refractivity contribution in [2.45, 2.75) is 26.3 Å². The maximum Gasteiger partial charge on any atom is 0.275 e. The minimum absolute atomic E-state index is 0.0940. The van der Waals surface area contributed by atoms with Gasteiger partial charge < -0.3 is 4.90 Å². The topological polar surface area (TPSA) is 50.5 Å². The standard InChI is InChI=1S/C16H16N4OS/c1-2-14-18-20-15(21)9-12(17-16(20)22-14)10-19-8-7-11-5-3-4-6-13(11)19/h3-6,9H,2,7-8,10H2,1H3. The Kier molecular flexibility index (Phi) is 3.18. The molecule has 4 rings (SSSR count). The van der Waals surface area contributed by atoms with Crippen LogP contribution >= 0.6 is 11.3 Å². The Bertz CT molecular complexity index is 899. The number of rotatable bonds is 3. The average Bonchev–Trinajstić information content (AvgIpc) is 3.12. The Balaban J connectivity index is 1.69. The van der Waals surface area contributed by atoms with Crippen molar-refractivity contribution in [3.8, 4) is 0 Å². The third-order valence-corrected chi connectivity index (χ3v) is 5.03. The van der Waals surface area contributed by atoms with Crippen LogP contribution in [-0.2, 0) is 19.4 Å². The molecule has 0 fully saturated rings. The van der Waals surface area contributed by atoms with Gasteiger partial charge in [-0.1, -0.05) is 36.5 Å². The highest BCUT2D eigenvalue weighted by Gasteiger charge is 2.19. The minimum atomic E-state index is -0.0940. The van der Waals surface area contributed by atoms with Crippen LogP contribution in [0.4, 0.5) is 5.69 Å². The first-order chi connectivity index (χ1) is 10.7. The van der Waals surface area contributed by atoms with Gasteiger partial charge in [0.15, 0.2) is 0 Å². The monoisotopic (exact) mass is 312 g/mol. The van der Waals surface area contributed by atoms with E-state index in [0.29, 0.717) is 11.5 Å². The summed E-state index contributed by atoms with van der Waals surface area (Å²) in [6.07, 6.45) is 1.88. The molecule has 1 aliphatic rings. The zero-order chi connectivity index (χ0) is 15.1. The summed E-state index contributed by atoms with van der Waals surface area (Å²) in [6, 6.07) is 10.0. The maximum atomic E-state index is 12.2. The SMILES string of the molecule is CCc1nn2c(=O)cc(CN3CCc4ccccc43)nc2s1. The smallest absolute Gasteiger partial charge is 0.275 e. The van der Waals surface area contributed by atoms with Crippen LogP contribution in [0, 0.1) is 0 Å². The van der Waals surface area contributed by atoms with Gasteiger partial charge in [0.25, 0.3) is 5.56 Å². The molecule has 1 aromatic carbocycles. The molecule has 112 valence electrons. The second-order valence-corrected chi connectivity index (χ2v) is 6.47. The highest BCUT2D eigenvalue weighted by Crippen LogP contribution is 2.28. The van der Waals surface area contributed by atoms with Crippen molar-refractivity contribution in [3.05, 3.63) is 57.0 Å². The van der Waals surface area contributed by atoms with Crippen LogP contribution in [0.25, 0.3) is 4.96 Å². The lowest BCUT2D eigenvalue weighted by molar-refractivity contribution is 0.794. The van der Waals surface area contributed by atoms with Crippen LogP contribution < -0.4 is 10.5 Å². The fraction of sp³-hybridized carbons (Fsp3) is 0.312. The molecule has 22 heavy (non-hydrogen) atoms. The summed E-state index contributed by atoms with van der Waals surface area (Å²) in [5.41, 5.74) is 3.34. The van der Waals surface area contributed by atoms with Gasteiger partial charge in [-0.15, -0.1) is 0 Å². The maximum absolute atomic E-state index is 12.2. The van der Waals surface area contributed by atoms with E-state index in [-0.39, 0.29) is 5.56 Å². The Morgan fingerprint density at radius 2 is 2.18 bits per heavy atom. The number of fused-ring (bicyclic) bond motifs is 2. The summed E-state index contributed by atoms with van der Waals surface area (Å²) in [5, 5.41) is 5.22. The van der Waals surface area contributed by atoms with E-state index in [0.717, 1.165) is 30.1 Å². The second kappa shape index (κ2) is 5.21. The lowest BCUT2D eigenvalue weighted by Crippen LogP contribution is -2.23. The van der Waals surface area contributed by atoms with Crippen LogP contribution in [0.5, 0.6) is 0 Å². The van der Waals surface area contributed by atoms with Gasteiger partial charge in [0.05, 0.1) is 12.2 Å². The van der Waals surface area contributed by atoms with Crippen LogP contribution in [-0.4, -0.2) is 21.1 Å². The molecular formula is C16H16N4OS. The lowest BCUT2D eigenvalue weighted by atomic mass is 10.2. The minimum Gasteiger partial charge on any atom is -0.365 e. The van der Waals surface area contributed by atoms with E-state index >= 15 is 0 Å². The van der Waals surface area contributed by atoms with Crippen molar-refractivity contribution in [2.24, 2.45) is 0 Å². The lowest BCUT2D eigenvalue weighted by Gasteiger charge is -2.18. The fourth-order valence-electron chi connectivity index (χ4n) is 2.89. The van der Waals surface area contributed by atoms with E-state index < -0.39 is 0 Å². The number of anilines is 1.